The van der Waals surface area contributed by atoms with Crippen LogP contribution in [0.3, 0.4) is 0 Å². The number of aromatic nitrogens is 4. The van der Waals surface area contributed by atoms with Gasteiger partial charge in [-0.3, -0.25) is 14.3 Å². The van der Waals surface area contributed by atoms with Crippen molar-refractivity contribution in [2.24, 2.45) is 0 Å². The van der Waals surface area contributed by atoms with Gasteiger partial charge < -0.3 is 5.73 Å². The van der Waals surface area contributed by atoms with Gasteiger partial charge in [-0.05, 0) is 48.9 Å². The molecular formula is C20H17N5O2. The Kier molecular flexibility index (Phi) is 4.04. The minimum Gasteiger partial charge on any atom is -0.397 e. The van der Waals surface area contributed by atoms with Gasteiger partial charge in [0.2, 0.25) is 0 Å². The van der Waals surface area contributed by atoms with Crippen molar-refractivity contribution < 1.29 is 0 Å². The number of anilines is 1. The van der Waals surface area contributed by atoms with E-state index in [1.807, 2.05) is 0 Å². The van der Waals surface area contributed by atoms with Gasteiger partial charge in [0.25, 0.3) is 5.56 Å². The molecule has 0 radical (unpaired) electrons. The smallest absolute Gasteiger partial charge is 0.337 e. The lowest BCUT2D eigenvalue weighted by atomic mass is 10.1. The summed E-state index contributed by atoms with van der Waals surface area (Å²) in [6.07, 6.45) is 4.81. The number of nitrogen functional groups attached to an aromatic ring is 1. The van der Waals surface area contributed by atoms with Crippen molar-refractivity contribution in [2.45, 2.75) is 13.0 Å². The fraction of sp³-hybridized carbons (Fsp3) is 0.100. The van der Waals surface area contributed by atoms with E-state index in [4.69, 9.17) is 5.73 Å². The molecule has 3 heterocycles. The molecule has 0 bridgehead atoms. The van der Waals surface area contributed by atoms with Crippen LogP contribution in [0, 0.1) is 0 Å². The number of rotatable bonds is 3. The highest BCUT2D eigenvalue weighted by molar-refractivity contribution is 5.77. The van der Waals surface area contributed by atoms with Crippen molar-refractivity contribution in [3.63, 3.8) is 0 Å². The molecule has 1 unspecified atom stereocenters. The summed E-state index contributed by atoms with van der Waals surface area (Å²) in [6.45, 7) is 1.80. The number of fused-ring (bicyclic) bond motifs is 1. The van der Waals surface area contributed by atoms with E-state index >= 15 is 0 Å². The third-order valence-corrected chi connectivity index (χ3v) is 4.60. The van der Waals surface area contributed by atoms with Crippen LogP contribution in [0.15, 0.2) is 76.7 Å². The second-order valence-electron chi connectivity index (χ2n) is 6.18. The molecule has 1 aromatic carbocycles. The summed E-state index contributed by atoms with van der Waals surface area (Å²) in [7, 11) is 0. The maximum Gasteiger partial charge on any atom is 0.337 e. The molecule has 0 saturated carbocycles. The first-order valence-corrected chi connectivity index (χ1v) is 8.46. The molecule has 7 nitrogen and oxygen atoms in total. The van der Waals surface area contributed by atoms with E-state index in [2.05, 4.69) is 9.97 Å². The van der Waals surface area contributed by atoms with E-state index < -0.39 is 17.3 Å². The maximum absolute atomic E-state index is 13.4. The first-order valence-electron chi connectivity index (χ1n) is 8.46. The summed E-state index contributed by atoms with van der Waals surface area (Å²) < 4.78 is 2.62. The summed E-state index contributed by atoms with van der Waals surface area (Å²) in [5, 5.41) is 0.348. The first kappa shape index (κ1) is 16.7. The standard InChI is InChI=1S/C20H17N5O2/c1-13(14-8-11-22-12-9-14)24-19(26)15-5-4-10-23-18(15)25(20(24)27)17-7-3-2-6-16(17)21/h2-13H,21H2,1H3. The summed E-state index contributed by atoms with van der Waals surface area (Å²) in [5.74, 6) is 0. The number of nitrogens with two attached hydrogens (primary N) is 1. The van der Waals surface area contributed by atoms with Crippen LogP contribution in [0.5, 0.6) is 0 Å². The summed E-state index contributed by atoms with van der Waals surface area (Å²) in [6, 6.07) is 13.4. The van der Waals surface area contributed by atoms with Crippen molar-refractivity contribution >= 4 is 16.7 Å². The Morgan fingerprint density at radius 3 is 2.44 bits per heavy atom. The van der Waals surface area contributed by atoms with Crippen LogP contribution in [0.25, 0.3) is 16.7 Å². The molecule has 0 fully saturated rings. The Hall–Kier alpha value is -3.74. The second-order valence-corrected chi connectivity index (χ2v) is 6.18. The van der Waals surface area contributed by atoms with Crippen molar-refractivity contribution in [1.29, 1.82) is 0 Å². The lowest BCUT2D eigenvalue weighted by Gasteiger charge is -2.19. The third-order valence-electron chi connectivity index (χ3n) is 4.60. The molecule has 0 saturated heterocycles. The van der Waals surface area contributed by atoms with Crippen LogP contribution in [0.2, 0.25) is 0 Å². The predicted octanol–water partition coefficient (Wildman–Crippen LogP) is 2.13. The SMILES string of the molecule is CC(c1ccncc1)n1c(=O)c2cccnc2n(-c2ccccc2N)c1=O. The van der Waals surface area contributed by atoms with Gasteiger partial charge in [-0.15, -0.1) is 0 Å². The number of nitrogens with zero attached hydrogens (tertiary/aromatic N) is 4. The van der Waals surface area contributed by atoms with Gasteiger partial charge >= 0.3 is 5.69 Å². The van der Waals surface area contributed by atoms with Crippen LogP contribution in [0.1, 0.15) is 18.5 Å². The average Bonchev–Trinajstić information content (AvgIpc) is 2.70. The zero-order valence-corrected chi connectivity index (χ0v) is 14.6. The molecule has 0 amide bonds. The zero-order chi connectivity index (χ0) is 19.0. The topological polar surface area (TPSA) is 95.8 Å². The normalized spacial score (nSPS) is 12.2. The van der Waals surface area contributed by atoms with Gasteiger partial charge in [0.05, 0.1) is 22.8 Å². The number of para-hydroxylation sites is 2. The Bertz CT molecular complexity index is 1240. The van der Waals surface area contributed by atoms with E-state index in [-0.39, 0.29) is 5.65 Å². The van der Waals surface area contributed by atoms with E-state index in [1.165, 1.54) is 9.13 Å². The molecule has 4 rings (SSSR count). The van der Waals surface area contributed by atoms with E-state index in [0.29, 0.717) is 16.8 Å². The molecule has 4 aromatic rings. The van der Waals surface area contributed by atoms with Crippen LogP contribution in [-0.4, -0.2) is 19.1 Å². The van der Waals surface area contributed by atoms with Crippen LogP contribution in [-0.2, 0) is 0 Å². The molecule has 7 heteroatoms. The van der Waals surface area contributed by atoms with Crippen molar-refractivity contribution in [2.75, 3.05) is 5.73 Å². The molecule has 1 atom stereocenters. The molecule has 0 aliphatic heterocycles. The van der Waals surface area contributed by atoms with Gasteiger partial charge in [-0.25, -0.2) is 14.3 Å². The summed E-state index contributed by atoms with van der Waals surface area (Å²) in [5.41, 5.74) is 7.22. The van der Waals surface area contributed by atoms with Crippen molar-refractivity contribution in [3.8, 4) is 5.69 Å². The number of benzene rings is 1. The van der Waals surface area contributed by atoms with Gasteiger partial charge in [0, 0.05) is 18.6 Å². The van der Waals surface area contributed by atoms with Crippen LogP contribution in [0.4, 0.5) is 5.69 Å². The van der Waals surface area contributed by atoms with Crippen LogP contribution < -0.4 is 17.0 Å². The maximum atomic E-state index is 13.4. The quantitative estimate of drug-likeness (QED) is 0.565. The molecule has 0 aliphatic rings. The fourth-order valence-electron chi connectivity index (χ4n) is 3.20. The lowest BCUT2D eigenvalue weighted by Crippen LogP contribution is -2.41. The molecular weight excluding hydrogens is 342 g/mol. The van der Waals surface area contributed by atoms with E-state index in [0.717, 1.165) is 5.56 Å². The Morgan fingerprint density at radius 2 is 1.70 bits per heavy atom. The molecule has 134 valence electrons. The molecule has 27 heavy (non-hydrogen) atoms. The zero-order valence-electron chi connectivity index (χ0n) is 14.6. The molecule has 0 aliphatic carbocycles. The Balaban J connectivity index is 2.12. The van der Waals surface area contributed by atoms with E-state index in [9.17, 15) is 9.59 Å². The first-order chi connectivity index (χ1) is 13.1. The lowest BCUT2D eigenvalue weighted by molar-refractivity contribution is 0.571. The number of pyridine rings is 2. The van der Waals surface area contributed by atoms with Gasteiger partial charge in [0.1, 0.15) is 0 Å². The fourth-order valence-corrected chi connectivity index (χ4v) is 3.20. The largest absolute Gasteiger partial charge is 0.397 e. The van der Waals surface area contributed by atoms with Crippen molar-refractivity contribution in [1.82, 2.24) is 19.1 Å². The van der Waals surface area contributed by atoms with E-state index in [1.54, 1.807) is 74.0 Å². The highest BCUT2D eigenvalue weighted by Gasteiger charge is 2.20. The molecule has 0 spiro atoms. The number of hydrogen-bond donors (Lipinski definition) is 1. The predicted molar refractivity (Wildman–Crippen MR) is 104 cm³/mol. The second kappa shape index (κ2) is 6.53. The highest BCUT2D eigenvalue weighted by atomic mass is 16.2. The third kappa shape index (κ3) is 2.69. The minimum absolute atomic E-state index is 0.281. The molecule has 2 N–H and O–H groups in total. The van der Waals surface area contributed by atoms with Gasteiger partial charge in [0.15, 0.2) is 5.65 Å². The Morgan fingerprint density at radius 1 is 0.963 bits per heavy atom. The minimum atomic E-state index is -0.492. The molecule has 3 aromatic heterocycles. The Labute approximate surface area is 154 Å². The monoisotopic (exact) mass is 359 g/mol. The van der Waals surface area contributed by atoms with Gasteiger partial charge in [-0.2, -0.15) is 0 Å². The van der Waals surface area contributed by atoms with Crippen LogP contribution >= 0.6 is 0 Å². The number of hydrogen-bond acceptors (Lipinski definition) is 5. The summed E-state index contributed by atoms with van der Waals surface area (Å²) >= 11 is 0. The van der Waals surface area contributed by atoms with Crippen molar-refractivity contribution in [3.05, 3.63) is 93.5 Å². The summed E-state index contributed by atoms with van der Waals surface area (Å²) in [4.78, 5) is 34.8. The van der Waals surface area contributed by atoms with Gasteiger partial charge in [-0.1, -0.05) is 12.1 Å². The highest BCUT2D eigenvalue weighted by Crippen LogP contribution is 2.20. The average molecular weight is 359 g/mol.